The standard InChI is InChI=1S/C31H22BrN3O3S/c1-19-27(29(36)34-23-10-6-3-7-11-23)28(21-8-4-2-5-9-21)35-30(37)26(39-31(35)33-19)18-24-16-17-25(38-24)20-12-14-22(32)15-13-20/h2-18,28H,1H3,(H,34,36)/t28-/m1/s1. The molecule has 0 spiro atoms. The van der Waals surface area contributed by atoms with Crippen molar-refractivity contribution in [2.75, 3.05) is 5.32 Å². The van der Waals surface area contributed by atoms with E-state index in [9.17, 15) is 9.59 Å². The Labute approximate surface area is 236 Å². The summed E-state index contributed by atoms with van der Waals surface area (Å²) >= 11 is 4.73. The van der Waals surface area contributed by atoms with Crippen LogP contribution in [-0.2, 0) is 4.79 Å². The van der Waals surface area contributed by atoms with E-state index in [0.29, 0.717) is 37.8 Å². The molecule has 2 aromatic heterocycles. The van der Waals surface area contributed by atoms with Gasteiger partial charge in [-0.25, -0.2) is 4.99 Å². The van der Waals surface area contributed by atoms with Crippen molar-refractivity contribution in [3.8, 4) is 11.3 Å². The lowest BCUT2D eigenvalue weighted by atomic mass is 9.95. The first-order valence-corrected chi connectivity index (χ1v) is 13.9. The predicted molar refractivity (Wildman–Crippen MR) is 157 cm³/mol. The number of benzene rings is 3. The second-order valence-corrected chi connectivity index (χ2v) is 10.9. The van der Waals surface area contributed by atoms with Gasteiger partial charge >= 0.3 is 0 Å². The Kier molecular flexibility index (Phi) is 6.72. The van der Waals surface area contributed by atoms with Gasteiger partial charge in [-0.3, -0.25) is 14.2 Å². The van der Waals surface area contributed by atoms with Crippen molar-refractivity contribution >= 4 is 44.9 Å². The SMILES string of the molecule is CC1=C(C(=O)Nc2ccccc2)[C@@H](c2ccccc2)n2c(sc(=Cc3ccc(-c4ccc(Br)cc4)o3)c2=O)=N1. The van der Waals surface area contributed by atoms with E-state index in [1.807, 2.05) is 104 Å². The summed E-state index contributed by atoms with van der Waals surface area (Å²) in [6, 6.07) is 29.8. The smallest absolute Gasteiger partial charge is 0.271 e. The monoisotopic (exact) mass is 595 g/mol. The minimum absolute atomic E-state index is 0.230. The van der Waals surface area contributed by atoms with Crippen molar-refractivity contribution in [2.45, 2.75) is 13.0 Å². The Morgan fingerprint density at radius 2 is 1.67 bits per heavy atom. The number of nitrogens with zero attached hydrogens (tertiary/aromatic N) is 2. The maximum Gasteiger partial charge on any atom is 0.271 e. The average Bonchev–Trinajstić information content (AvgIpc) is 3.53. The molecule has 5 aromatic rings. The number of carbonyl (C=O) groups excluding carboxylic acids is 1. The number of furan rings is 1. The number of para-hydroxylation sites is 1. The molecule has 6 rings (SSSR count). The van der Waals surface area contributed by atoms with Crippen LogP contribution in [0.25, 0.3) is 17.4 Å². The van der Waals surface area contributed by atoms with Gasteiger partial charge < -0.3 is 9.73 Å². The van der Waals surface area contributed by atoms with Gasteiger partial charge in [0.25, 0.3) is 11.5 Å². The van der Waals surface area contributed by atoms with Gasteiger partial charge in [-0.2, -0.15) is 0 Å². The first kappa shape index (κ1) is 25.0. The van der Waals surface area contributed by atoms with Gasteiger partial charge in [-0.1, -0.05) is 87.9 Å². The Bertz CT molecular complexity index is 1890. The van der Waals surface area contributed by atoms with E-state index >= 15 is 0 Å². The highest BCUT2D eigenvalue weighted by Gasteiger charge is 2.32. The normalized spacial score (nSPS) is 15.1. The minimum atomic E-state index is -0.622. The highest BCUT2D eigenvalue weighted by atomic mass is 79.9. The van der Waals surface area contributed by atoms with Crippen LogP contribution in [0.4, 0.5) is 5.69 Å². The number of rotatable bonds is 5. The number of halogens is 1. The first-order chi connectivity index (χ1) is 19.0. The molecule has 0 fully saturated rings. The molecule has 1 aliphatic heterocycles. The second-order valence-electron chi connectivity index (χ2n) is 9.02. The fraction of sp³-hybridized carbons (Fsp3) is 0.0645. The fourth-order valence-corrected chi connectivity index (χ4v) is 5.90. The number of allylic oxidation sites excluding steroid dienone is 1. The topological polar surface area (TPSA) is 76.6 Å². The minimum Gasteiger partial charge on any atom is -0.457 e. The molecule has 1 N–H and O–H groups in total. The van der Waals surface area contributed by atoms with Gasteiger partial charge in [0.1, 0.15) is 11.5 Å². The van der Waals surface area contributed by atoms with Crippen LogP contribution in [0.1, 0.15) is 24.3 Å². The van der Waals surface area contributed by atoms with Gasteiger partial charge in [0, 0.05) is 21.8 Å². The number of carbonyl (C=O) groups is 1. The largest absolute Gasteiger partial charge is 0.457 e. The molecule has 0 aliphatic carbocycles. The molecular weight excluding hydrogens is 574 g/mol. The predicted octanol–water partition coefficient (Wildman–Crippen LogP) is 5.90. The summed E-state index contributed by atoms with van der Waals surface area (Å²) in [5.74, 6) is 0.974. The van der Waals surface area contributed by atoms with Crippen molar-refractivity contribution in [1.82, 2.24) is 4.57 Å². The summed E-state index contributed by atoms with van der Waals surface area (Å²) in [4.78, 5) is 32.6. The van der Waals surface area contributed by atoms with Crippen LogP contribution in [0.3, 0.4) is 0 Å². The summed E-state index contributed by atoms with van der Waals surface area (Å²) in [6.07, 6.45) is 1.73. The third kappa shape index (κ3) is 4.96. The first-order valence-electron chi connectivity index (χ1n) is 12.3. The molecule has 1 amide bonds. The van der Waals surface area contributed by atoms with Crippen LogP contribution in [0, 0.1) is 0 Å². The van der Waals surface area contributed by atoms with Crippen LogP contribution < -0.4 is 20.2 Å². The molecule has 0 radical (unpaired) electrons. The lowest BCUT2D eigenvalue weighted by Crippen LogP contribution is -2.40. The Balaban J connectivity index is 1.44. The Morgan fingerprint density at radius 3 is 2.38 bits per heavy atom. The molecule has 0 saturated heterocycles. The van der Waals surface area contributed by atoms with Crippen molar-refractivity contribution in [2.24, 2.45) is 4.99 Å². The van der Waals surface area contributed by atoms with Crippen molar-refractivity contribution < 1.29 is 9.21 Å². The van der Waals surface area contributed by atoms with Crippen molar-refractivity contribution in [3.63, 3.8) is 0 Å². The molecule has 39 heavy (non-hydrogen) atoms. The number of hydrogen-bond acceptors (Lipinski definition) is 5. The summed E-state index contributed by atoms with van der Waals surface area (Å²) in [5, 5.41) is 2.97. The molecule has 0 unspecified atom stereocenters. The molecule has 3 aromatic carbocycles. The number of fused-ring (bicyclic) bond motifs is 1. The van der Waals surface area contributed by atoms with E-state index in [2.05, 4.69) is 21.2 Å². The van der Waals surface area contributed by atoms with E-state index in [1.54, 1.807) is 10.6 Å². The Morgan fingerprint density at radius 1 is 0.974 bits per heavy atom. The molecule has 1 atom stereocenters. The van der Waals surface area contributed by atoms with Crippen LogP contribution in [-0.4, -0.2) is 10.5 Å². The average molecular weight is 597 g/mol. The molecule has 0 bridgehead atoms. The van der Waals surface area contributed by atoms with Gasteiger partial charge in [-0.15, -0.1) is 0 Å². The molecule has 0 saturated carbocycles. The molecule has 192 valence electrons. The van der Waals surface area contributed by atoms with E-state index < -0.39 is 6.04 Å². The van der Waals surface area contributed by atoms with E-state index in [-0.39, 0.29) is 11.5 Å². The summed E-state index contributed by atoms with van der Waals surface area (Å²) in [5.41, 5.74) is 3.21. The zero-order valence-corrected chi connectivity index (χ0v) is 23.2. The van der Waals surface area contributed by atoms with Crippen LogP contribution >= 0.6 is 27.3 Å². The van der Waals surface area contributed by atoms with Crippen molar-refractivity contribution in [3.05, 3.63) is 144 Å². The lowest BCUT2D eigenvalue weighted by Gasteiger charge is -2.25. The third-order valence-corrected chi connectivity index (χ3v) is 7.95. The summed E-state index contributed by atoms with van der Waals surface area (Å²) in [6.45, 7) is 1.81. The fourth-order valence-electron chi connectivity index (χ4n) is 4.61. The molecule has 6 nitrogen and oxygen atoms in total. The highest BCUT2D eigenvalue weighted by Crippen LogP contribution is 2.31. The van der Waals surface area contributed by atoms with Crippen LogP contribution in [0.2, 0.25) is 0 Å². The number of amides is 1. The van der Waals surface area contributed by atoms with Gasteiger partial charge in [-0.05, 0) is 48.9 Å². The molecule has 8 heteroatoms. The lowest BCUT2D eigenvalue weighted by molar-refractivity contribution is -0.113. The molecular formula is C31H22BrN3O3S. The second kappa shape index (κ2) is 10.5. The van der Waals surface area contributed by atoms with E-state index in [4.69, 9.17) is 9.41 Å². The number of anilines is 1. The van der Waals surface area contributed by atoms with Crippen LogP contribution in [0.15, 0.2) is 127 Å². The zero-order chi connectivity index (χ0) is 26.9. The number of aromatic nitrogens is 1. The molecule has 3 heterocycles. The van der Waals surface area contributed by atoms with E-state index in [0.717, 1.165) is 15.6 Å². The zero-order valence-electron chi connectivity index (χ0n) is 20.8. The third-order valence-electron chi connectivity index (χ3n) is 6.44. The van der Waals surface area contributed by atoms with Gasteiger partial charge in [0.2, 0.25) is 0 Å². The maximum atomic E-state index is 13.8. The number of nitrogens with one attached hydrogen (secondary N) is 1. The Hall–Kier alpha value is -4.27. The van der Waals surface area contributed by atoms with E-state index in [1.165, 1.54) is 11.3 Å². The number of thiazole rings is 1. The summed E-state index contributed by atoms with van der Waals surface area (Å²) in [7, 11) is 0. The quantitative estimate of drug-likeness (QED) is 0.275. The highest BCUT2D eigenvalue weighted by molar-refractivity contribution is 9.10. The van der Waals surface area contributed by atoms with Crippen LogP contribution in [0.5, 0.6) is 0 Å². The van der Waals surface area contributed by atoms with Gasteiger partial charge in [0.15, 0.2) is 4.80 Å². The maximum absolute atomic E-state index is 13.8. The molecule has 1 aliphatic rings. The van der Waals surface area contributed by atoms with Gasteiger partial charge in [0.05, 0.1) is 21.8 Å². The number of hydrogen-bond donors (Lipinski definition) is 1. The van der Waals surface area contributed by atoms with Crippen molar-refractivity contribution in [1.29, 1.82) is 0 Å². The summed E-state index contributed by atoms with van der Waals surface area (Å²) < 4.78 is 9.11.